The smallest absolute Gasteiger partial charge is 0.417 e. The highest BCUT2D eigenvalue weighted by Crippen LogP contribution is 2.33. The van der Waals surface area contributed by atoms with Crippen LogP contribution in [0.25, 0.3) is 0 Å². The third kappa shape index (κ3) is 4.85. The molecule has 2 rings (SSSR count). The number of hydrogen-bond acceptors (Lipinski definition) is 5. The highest BCUT2D eigenvalue weighted by Gasteiger charge is 2.31. The summed E-state index contributed by atoms with van der Waals surface area (Å²) in [7, 11) is 0. The van der Waals surface area contributed by atoms with Gasteiger partial charge >= 0.3 is 6.18 Å². The Morgan fingerprint density at radius 3 is 2.62 bits per heavy atom. The number of hydrogen-bond donors (Lipinski definition) is 1. The SMILES string of the molecule is Cc1ncnc(NCCCOc2ncc(C(F)(F)F)cc2Cl)c1Cl. The zero-order valence-corrected chi connectivity index (χ0v) is 14.0. The van der Waals surface area contributed by atoms with E-state index in [0.29, 0.717) is 35.7 Å². The van der Waals surface area contributed by atoms with E-state index in [9.17, 15) is 13.2 Å². The van der Waals surface area contributed by atoms with Crippen LogP contribution >= 0.6 is 23.2 Å². The van der Waals surface area contributed by atoms with Crippen LogP contribution in [0.15, 0.2) is 18.6 Å². The number of nitrogens with zero attached hydrogens (tertiary/aromatic N) is 3. The van der Waals surface area contributed by atoms with Gasteiger partial charge in [-0.25, -0.2) is 15.0 Å². The molecule has 5 nitrogen and oxygen atoms in total. The molecule has 0 aliphatic rings. The Kier molecular flexibility index (Phi) is 6.06. The molecule has 1 N–H and O–H groups in total. The molecule has 10 heteroatoms. The standard InChI is InChI=1S/C14H13Cl2F3N4O/c1-8-11(16)12(23-7-22-8)20-3-2-4-24-13-10(15)5-9(6-21-13)14(17,18)19/h5-7H,2-4H2,1H3,(H,20,22,23). The summed E-state index contributed by atoms with van der Waals surface area (Å²) in [4.78, 5) is 11.5. The van der Waals surface area contributed by atoms with E-state index in [1.807, 2.05) is 0 Å². The highest BCUT2D eigenvalue weighted by molar-refractivity contribution is 6.33. The maximum Gasteiger partial charge on any atom is 0.417 e. The van der Waals surface area contributed by atoms with Crippen molar-refractivity contribution in [3.8, 4) is 5.88 Å². The molecule has 0 spiro atoms. The Labute approximate surface area is 146 Å². The average molecular weight is 381 g/mol. The zero-order valence-electron chi connectivity index (χ0n) is 12.5. The van der Waals surface area contributed by atoms with Gasteiger partial charge in [0.25, 0.3) is 0 Å². The number of anilines is 1. The topological polar surface area (TPSA) is 59.9 Å². The van der Waals surface area contributed by atoms with Gasteiger partial charge in [0, 0.05) is 12.7 Å². The Hall–Kier alpha value is -1.80. The van der Waals surface area contributed by atoms with Crippen molar-refractivity contribution >= 4 is 29.0 Å². The van der Waals surface area contributed by atoms with Crippen LogP contribution in [0.1, 0.15) is 17.7 Å². The van der Waals surface area contributed by atoms with Crippen LogP contribution in [0.5, 0.6) is 5.88 Å². The summed E-state index contributed by atoms with van der Waals surface area (Å²) >= 11 is 11.8. The lowest BCUT2D eigenvalue weighted by Crippen LogP contribution is -2.10. The lowest BCUT2D eigenvalue weighted by atomic mass is 10.3. The van der Waals surface area contributed by atoms with Crippen LogP contribution in [-0.2, 0) is 6.18 Å². The molecule has 0 aliphatic heterocycles. The van der Waals surface area contributed by atoms with Crippen molar-refractivity contribution in [3.63, 3.8) is 0 Å². The lowest BCUT2D eigenvalue weighted by molar-refractivity contribution is -0.137. The summed E-state index contributed by atoms with van der Waals surface area (Å²) in [5.41, 5.74) is -0.263. The zero-order chi connectivity index (χ0) is 17.7. The molecule has 0 fully saturated rings. The maximum atomic E-state index is 12.5. The molecule has 130 valence electrons. The molecule has 0 atom stereocenters. The summed E-state index contributed by atoms with van der Waals surface area (Å²) in [5.74, 6) is 0.468. The summed E-state index contributed by atoms with van der Waals surface area (Å²) in [6.07, 6.45) is -1.87. The lowest BCUT2D eigenvalue weighted by Gasteiger charge is -2.11. The molecular formula is C14H13Cl2F3N4O. The normalized spacial score (nSPS) is 11.4. The van der Waals surface area contributed by atoms with Crippen molar-refractivity contribution in [1.82, 2.24) is 15.0 Å². The van der Waals surface area contributed by atoms with Crippen molar-refractivity contribution in [2.24, 2.45) is 0 Å². The predicted octanol–water partition coefficient (Wildman–Crippen LogP) is 4.39. The van der Waals surface area contributed by atoms with Gasteiger partial charge in [-0.05, 0) is 19.4 Å². The van der Waals surface area contributed by atoms with Crippen LogP contribution in [-0.4, -0.2) is 28.1 Å². The van der Waals surface area contributed by atoms with Crippen LogP contribution in [0.4, 0.5) is 19.0 Å². The maximum absolute atomic E-state index is 12.5. The highest BCUT2D eigenvalue weighted by atomic mass is 35.5. The molecular weight excluding hydrogens is 368 g/mol. The number of aryl methyl sites for hydroxylation is 1. The fraction of sp³-hybridized carbons (Fsp3) is 0.357. The second kappa shape index (κ2) is 7.85. The first-order valence-corrected chi connectivity index (χ1v) is 7.61. The number of aromatic nitrogens is 3. The Morgan fingerprint density at radius 1 is 1.21 bits per heavy atom. The van der Waals surface area contributed by atoms with Crippen LogP contribution in [0.3, 0.4) is 0 Å². The second-order valence-electron chi connectivity index (χ2n) is 4.76. The molecule has 2 aromatic heterocycles. The van der Waals surface area contributed by atoms with Gasteiger partial charge < -0.3 is 10.1 Å². The molecule has 24 heavy (non-hydrogen) atoms. The Bertz CT molecular complexity index is 713. The van der Waals surface area contributed by atoms with E-state index in [0.717, 1.165) is 6.07 Å². The summed E-state index contributed by atoms with van der Waals surface area (Å²) < 4.78 is 42.8. The molecule has 0 amide bonds. The largest absolute Gasteiger partial charge is 0.477 e. The van der Waals surface area contributed by atoms with Gasteiger partial charge in [-0.3, -0.25) is 0 Å². The number of alkyl halides is 3. The Morgan fingerprint density at radius 2 is 1.96 bits per heavy atom. The first-order chi connectivity index (χ1) is 11.3. The van der Waals surface area contributed by atoms with E-state index in [4.69, 9.17) is 27.9 Å². The fourth-order valence-corrected chi connectivity index (χ4v) is 2.10. The van der Waals surface area contributed by atoms with E-state index >= 15 is 0 Å². The van der Waals surface area contributed by atoms with E-state index in [2.05, 4.69) is 20.3 Å². The Balaban J connectivity index is 1.81. The minimum Gasteiger partial charge on any atom is -0.477 e. The van der Waals surface area contributed by atoms with Gasteiger partial charge in [0.2, 0.25) is 5.88 Å². The van der Waals surface area contributed by atoms with Gasteiger partial charge in [-0.1, -0.05) is 23.2 Å². The quantitative estimate of drug-likeness (QED) is 0.753. The first-order valence-electron chi connectivity index (χ1n) is 6.85. The number of pyridine rings is 1. The average Bonchev–Trinajstić information content (AvgIpc) is 2.51. The molecule has 2 heterocycles. The van der Waals surface area contributed by atoms with Crippen molar-refractivity contribution in [2.45, 2.75) is 19.5 Å². The first kappa shape index (κ1) is 18.5. The van der Waals surface area contributed by atoms with E-state index in [1.54, 1.807) is 6.92 Å². The van der Waals surface area contributed by atoms with Crippen LogP contribution in [0, 0.1) is 6.92 Å². The number of rotatable bonds is 6. The molecule has 0 bridgehead atoms. The fourth-order valence-electron chi connectivity index (χ4n) is 1.72. The van der Waals surface area contributed by atoms with Gasteiger partial charge in [-0.2, -0.15) is 13.2 Å². The van der Waals surface area contributed by atoms with Gasteiger partial charge in [0.15, 0.2) is 0 Å². The van der Waals surface area contributed by atoms with Crippen molar-refractivity contribution in [3.05, 3.63) is 39.9 Å². The summed E-state index contributed by atoms with van der Waals surface area (Å²) in [6.45, 7) is 2.47. The molecule has 0 unspecified atom stereocenters. The predicted molar refractivity (Wildman–Crippen MR) is 84.6 cm³/mol. The number of halogens is 5. The summed E-state index contributed by atoms with van der Waals surface area (Å²) in [6, 6.07) is 0.783. The van der Waals surface area contributed by atoms with Crippen molar-refractivity contribution in [1.29, 1.82) is 0 Å². The van der Waals surface area contributed by atoms with Crippen LogP contribution in [0.2, 0.25) is 10.0 Å². The van der Waals surface area contributed by atoms with E-state index in [-0.39, 0.29) is 17.5 Å². The number of nitrogens with one attached hydrogen (secondary N) is 1. The molecule has 0 radical (unpaired) electrons. The molecule has 2 aromatic rings. The third-order valence-corrected chi connectivity index (χ3v) is 3.67. The molecule has 0 saturated heterocycles. The third-order valence-electron chi connectivity index (χ3n) is 2.95. The molecule has 0 saturated carbocycles. The van der Waals surface area contributed by atoms with Gasteiger partial charge in [0.1, 0.15) is 22.2 Å². The van der Waals surface area contributed by atoms with Crippen molar-refractivity contribution < 1.29 is 17.9 Å². The van der Waals surface area contributed by atoms with Gasteiger partial charge in [0.05, 0.1) is 17.9 Å². The van der Waals surface area contributed by atoms with Gasteiger partial charge in [-0.15, -0.1) is 0 Å². The second-order valence-corrected chi connectivity index (χ2v) is 5.54. The van der Waals surface area contributed by atoms with E-state index < -0.39 is 11.7 Å². The van der Waals surface area contributed by atoms with Crippen LogP contribution < -0.4 is 10.1 Å². The summed E-state index contributed by atoms with van der Waals surface area (Å²) in [5, 5.41) is 3.27. The number of ether oxygens (including phenoxy) is 1. The minimum absolute atomic E-state index is 0.0411. The molecule has 0 aromatic carbocycles. The molecule has 0 aliphatic carbocycles. The monoisotopic (exact) mass is 380 g/mol. The minimum atomic E-state index is -4.49. The van der Waals surface area contributed by atoms with Crippen molar-refractivity contribution in [2.75, 3.05) is 18.5 Å². The van der Waals surface area contributed by atoms with E-state index in [1.165, 1.54) is 6.33 Å².